The molecule has 2 heterocycles. The first-order valence-electron chi connectivity index (χ1n) is 10.8. The van der Waals surface area contributed by atoms with Crippen LogP contribution in [0.3, 0.4) is 0 Å². The molecule has 0 bridgehead atoms. The average molecular weight is 395 g/mol. The zero-order valence-corrected chi connectivity index (χ0v) is 19.1. The summed E-state index contributed by atoms with van der Waals surface area (Å²) < 4.78 is 12.0. The minimum atomic E-state index is -0.310. The van der Waals surface area contributed by atoms with E-state index in [1.165, 1.54) is 5.56 Å². The van der Waals surface area contributed by atoms with Crippen LogP contribution < -0.4 is 4.74 Å². The Kier molecular flexibility index (Phi) is 4.35. The maximum atomic E-state index is 13.1. The fourth-order valence-electron chi connectivity index (χ4n) is 4.84. The van der Waals surface area contributed by atoms with Gasteiger partial charge in [0.25, 0.3) is 0 Å². The van der Waals surface area contributed by atoms with Crippen molar-refractivity contribution in [3.63, 3.8) is 0 Å². The third-order valence-electron chi connectivity index (χ3n) is 6.39. The van der Waals surface area contributed by atoms with Gasteiger partial charge in [-0.2, -0.15) is 0 Å². The highest BCUT2D eigenvalue weighted by Gasteiger charge is 2.44. The van der Waals surface area contributed by atoms with Crippen molar-refractivity contribution in [1.82, 2.24) is 0 Å². The monoisotopic (exact) mass is 394 g/mol. The van der Waals surface area contributed by atoms with Crippen LogP contribution >= 0.6 is 0 Å². The second-order valence-corrected chi connectivity index (χ2v) is 11.6. The average Bonchev–Trinajstić information content (AvgIpc) is 3.04. The summed E-state index contributed by atoms with van der Waals surface area (Å²) >= 11 is 0. The van der Waals surface area contributed by atoms with Crippen LogP contribution in [-0.4, -0.2) is 11.6 Å². The molecular weight excluding hydrogens is 360 g/mol. The molecule has 0 aromatic heterocycles. The second kappa shape index (κ2) is 6.23. The van der Waals surface area contributed by atoms with Crippen LogP contribution in [0.1, 0.15) is 90.8 Å². The summed E-state index contributed by atoms with van der Waals surface area (Å²) in [6, 6.07) is 4.43. The molecule has 3 aliphatic rings. The lowest BCUT2D eigenvalue weighted by Crippen LogP contribution is -2.18. The van der Waals surface area contributed by atoms with Gasteiger partial charge in [0.15, 0.2) is 0 Å². The maximum Gasteiger partial charge on any atom is 0.323 e. The first-order valence-corrected chi connectivity index (χ1v) is 10.8. The summed E-state index contributed by atoms with van der Waals surface area (Å²) in [5.74, 6) is 1.74. The minimum Gasteiger partial charge on any atom is -0.492 e. The Hall–Kier alpha value is -2.03. The largest absolute Gasteiger partial charge is 0.492 e. The topological polar surface area (TPSA) is 35.5 Å². The van der Waals surface area contributed by atoms with Crippen molar-refractivity contribution in [2.75, 3.05) is 0 Å². The number of allylic oxidation sites excluding steroid dienone is 3. The van der Waals surface area contributed by atoms with Crippen LogP contribution in [0.5, 0.6) is 5.75 Å². The SMILES string of the molecule is CC1(C)CC2CC(C3C(=O)Oc4c3cc(C(C)(C)C)cc4C(C)(C)C)=CC=C2O1. The van der Waals surface area contributed by atoms with Crippen LogP contribution in [0.15, 0.2) is 35.6 Å². The maximum absolute atomic E-state index is 13.1. The van der Waals surface area contributed by atoms with Crippen molar-refractivity contribution in [1.29, 1.82) is 0 Å². The number of hydrogen-bond donors (Lipinski definition) is 0. The molecule has 1 aromatic rings. The number of benzene rings is 1. The van der Waals surface area contributed by atoms with E-state index in [1.807, 2.05) is 0 Å². The molecule has 0 radical (unpaired) electrons. The third kappa shape index (κ3) is 3.53. The summed E-state index contributed by atoms with van der Waals surface area (Å²) in [5.41, 5.74) is 4.33. The van der Waals surface area contributed by atoms with Gasteiger partial charge < -0.3 is 9.47 Å². The highest BCUT2D eigenvalue weighted by molar-refractivity contribution is 5.90. The Morgan fingerprint density at radius 3 is 2.31 bits per heavy atom. The summed E-state index contributed by atoms with van der Waals surface area (Å²) in [7, 11) is 0. The molecule has 0 N–H and O–H groups in total. The number of hydrogen-bond acceptors (Lipinski definition) is 3. The van der Waals surface area contributed by atoms with E-state index in [0.29, 0.717) is 5.92 Å². The summed E-state index contributed by atoms with van der Waals surface area (Å²) in [4.78, 5) is 13.1. The molecule has 0 amide bonds. The van der Waals surface area contributed by atoms with Crippen LogP contribution in [0, 0.1) is 5.92 Å². The zero-order chi connectivity index (χ0) is 21.4. The standard InChI is InChI=1S/C26H34O3/c1-24(2,3)17-12-18-21(23(27)28-22(18)19(13-17)25(4,5)6)15-9-10-20-16(11-15)14-26(7,8)29-20/h9-10,12-13,16,21H,11,14H2,1-8H3. The fourth-order valence-corrected chi connectivity index (χ4v) is 4.84. The highest BCUT2D eigenvalue weighted by Crippen LogP contribution is 2.51. The molecule has 0 saturated carbocycles. The molecule has 2 atom stereocenters. The normalized spacial score (nSPS) is 25.6. The van der Waals surface area contributed by atoms with Crippen molar-refractivity contribution >= 4 is 5.97 Å². The molecule has 1 saturated heterocycles. The first kappa shape index (κ1) is 20.3. The zero-order valence-electron chi connectivity index (χ0n) is 19.1. The Balaban J connectivity index is 1.79. The van der Waals surface area contributed by atoms with E-state index in [2.05, 4.69) is 79.7 Å². The van der Waals surface area contributed by atoms with Crippen molar-refractivity contribution in [3.05, 3.63) is 52.3 Å². The summed E-state index contributed by atoms with van der Waals surface area (Å²) in [6.07, 6.45) is 6.01. The van der Waals surface area contributed by atoms with Crippen LogP contribution in [-0.2, 0) is 20.4 Å². The van der Waals surface area contributed by atoms with Gasteiger partial charge in [0.05, 0.1) is 0 Å². The molecule has 156 valence electrons. The van der Waals surface area contributed by atoms with Gasteiger partial charge in [-0.1, -0.05) is 65.3 Å². The van der Waals surface area contributed by atoms with Gasteiger partial charge >= 0.3 is 5.97 Å². The molecule has 3 heteroatoms. The third-order valence-corrected chi connectivity index (χ3v) is 6.39. The molecule has 3 nitrogen and oxygen atoms in total. The van der Waals surface area contributed by atoms with Gasteiger partial charge in [-0.25, -0.2) is 0 Å². The molecule has 29 heavy (non-hydrogen) atoms. The molecule has 2 aliphatic heterocycles. The molecule has 0 spiro atoms. The van der Waals surface area contributed by atoms with Gasteiger partial charge in [-0.05, 0) is 49.2 Å². The van der Waals surface area contributed by atoms with E-state index < -0.39 is 0 Å². The number of carbonyl (C=O) groups excluding carboxylic acids is 1. The van der Waals surface area contributed by atoms with E-state index in [4.69, 9.17) is 9.47 Å². The lowest BCUT2D eigenvalue weighted by molar-refractivity contribution is -0.133. The molecule has 1 fully saturated rings. The fraction of sp³-hybridized carbons (Fsp3) is 0.577. The predicted octanol–water partition coefficient (Wildman–Crippen LogP) is 6.31. The molecule has 1 aromatic carbocycles. The number of rotatable bonds is 1. The predicted molar refractivity (Wildman–Crippen MR) is 116 cm³/mol. The Labute approximate surface area is 175 Å². The quantitative estimate of drug-likeness (QED) is 0.413. The first-order chi connectivity index (χ1) is 13.3. The van der Waals surface area contributed by atoms with Gasteiger partial charge in [-0.3, -0.25) is 4.79 Å². The number of esters is 1. The van der Waals surface area contributed by atoms with Gasteiger partial charge in [-0.15, -0.1) is 0 Å². The lowest BCUT2D eigenvalue weighted by Gasteiger charge is -2.27. The van der Waals surface area contributed by atoms with E-state index >= 15 is 0 Å². The number of fused-ring (bicyclic) bond motifs is 2. The number of carbonyl (C=O) groups is 1. The highest BCUT2D eigenvalue weighted by atomic mass is 16.5. The van der Waals surface area contributed by atoms with Gasteiger partial charge in [0.1, 0.15) is 23.0 Å². The van der Waals surface area contributed by atoms with Crippen molar-refractivity contribution < 1.29 is 14.3 Å². The van der Waals surface area contributed by atoms with Crippen LogP contribution in [0.2, 0.25) is 0 Å². The van der Waals surface area contributed by atoms with Crippen molar-refractivity contribution in [3.8, 4) is 5.75 Å². The Morgan fingerprint density at radius 1 is 1.00 bits per heavy atom. The summed E-state index contributed by atoms with van der Waals surface area (Å²) in [5, 5.41) is 0. The molecule has 1 aliphatic carbocycles. The Morgan fingerprint density at radius 2 is 1.69 bits per heavy atom. The molecule has 4 rings (SSSR count). The van der Waals surface area contributed by atoms with E-state index in [9.17, 15) is 4.79 Å². The van der Waals surface area contributed by atoms with Gasteiger partial charge in [0.2, 0.25) is 0 Å². The Bertz CT molecular complexity index is 932. The van der Waals surface area contributed by atoms with E-state index in [1.54, 1.807) is 0 Å². The smallest absolute Gasteiger partial charge is 0.323 e. The van der Waals surface area contributed by atoms with Crippen molar-refractivity contribution in [2.24, 2.45) is 5.92 Å². The van der Waals surface area contributed by atoms with E-state index in [-0.39, 0.29) is 28.3 Å². The van der Waals surface area contributed by atoms with Crippen LogP contribution in [0.25, 0.3) is 0 Å². The van der Waals surface area contributed by atoms with Crippen molar-refractivity contribution in [2.45, 2.75) is 90.6 Å². The van der Waals surface area contributed by atoms with Gasteiger partial charge in [0, 0.05) is 17.0 Å². The number of ether oxygens (including phenoxy) is 2. The lowest BCUT2D eigenvalue weighted by atomic mass is 9.75. The van der Waals surface area contributed by atoms with E-state index in [0.717, 1.165) is 41.1 Å². The van der Waals surface area contributed by atoms with Crippen LogP contribution in [0.4, 0.5) is 0 Å². The minimum absolute atomic E-state index is 0.00253. The summed E-state index contributed by atoms with van der Waals surface area (Å²) in [6.45, 7) is 17.5. The second-order valence-electron chi connectivity index (χ2n) is 11.6. The molecular formula is C26H34O3. The molecule has 2 unspecified atom stereocenters.